The first-order chi connectivity index (χ1) is 13.6. The van der Waals surface area contributed by atoms with E-state index in [4.69, 9.17) is 4.74 Å². The van der Waals surface area contributed by atoms with Crippen LogP contribution in [0.15, 0.2) is 57.9 Å². The van der Waals surface area contributed by atoms with Gasteiger partial charge >= 0.3 is 0 Å². The molecule has 1 saturated heterocycles. The summed E-state index contributed by atoms with van der Waals surface area (Å²) in [6.07, 6.45) is 8.04. The minimum atomic E-state index is -0.973. The number of hydrogen-bond donors (Lipinski definition) is 1. The lowest BCUT2D eigenvalue weighted by molar-refractivity contribution is -0.120. The average Bonchev–Trinajstić information content (AvgIpc) is 3.17. The highest BCUT2D eigenvalue weighted by Gasteiger charge is 2.29. The molecule has 1 aromatic rings. The van der Waals surface area contributed by atoms with Crippen molar-refractivity contribution in [1.82, 2.24) is 10.2 Å². The molecule has 3 heterocycles. The summed E-state index contributed by atoms with van der Waals surface area (Å²) in [4.78, 5) is 19.6. The van der Waals surface area contributed by atoms with Crippen LogP contribution in [0, 0.1) is 5.92 Å². The minimum Gasteiger partial charge on any atom is -0.611 e. The van der Waals surface area contributed by atoms with Gasteiger partial charge in [0.1, 0.15) is 11.0 Å². The molecule has 148 valence electrons. The van der Waals surface area contributed by atoms with Crippen molar-refractivity contribution in [2.45, 2.75) is 36.0 Å². The van der Waals surface area contributed by atoms with Gasteiger partial charge in [0.15, 0.2) is 10.7 Å². The number of amides is 1. The number of likely N-dealkylation sites (tertiary alicyclic amines) is 1. The number of benzene rings is 1. The van der Waals surface area contributed by atoms with Crippen molar-refractivity contribution >= 4 is 23.3 Å². The van der Waals surface area contributed by atoms with Gasteiger partial charge in [0, 0.05) is 44.6 Å². The van der Waals surface area contributed by atoms with E-state index in [1.165, 1.54) is 0 Å². The summed E-state index contributed by atoms with van der Waals surface area (Å²) in [6.45, 7) is 2.41. The molecule has 0 aliphatic carbocycles. The van der Waals surface area contributed by atoms with Crippen molar-refractivity contribution in [1.29, 1.82) is 0 Å². The van der Waals surface area contributed by atoms with Gasteiger partial charge in [0.2, 0.25) is 0 Å². The molecule has 1 N–H and O–H groups in total. The van der Waals surface area contributed by atoms with Gasteiger partial charge in [-0.15, -0.1) is 0 Å². The predicted octanol–water partition coefficient (Wildman–Crippen LogP) is 2.35. The van der Waals surface area contributed by atoms with E-state index in [9.17, 15) is 9.35 Å². The second-order valence-electron chi connectivity index (χ2n) is 7.46. The number of carbonyl (C=O) groups is 1. The average molecular weight is 400 g/mol. The monoisotopic (exact) mass is 399 g/mol. The Kier molecular flexibility index (Phi) is 5.85. The number of ether oxygens (including phenoxy) is 1. The van der Waals surface area contributed by atoms with Crippen molar-refractivity contribution < 1.29 is 14.1 Å². The van der Waals surface area contributed by atoms with E-state index in [1.54, 1.807) is 6.20 Å². The molecule has 2 unspecified atom stereocenters. The van der Waals surface area contributed by atoms with E-state index >= 15 is 0 Å². The van der Waals surface area contributed by atoms with Crippen molar-refractivity contribution in [3.8, 4) is 0 Å². The van der Waals surface area contributed by atoms with Crippen LogP contribution in [0.3, 0.4) is 0 Å². The third-order valence-corrected chi connectivity index (χ3v) is 7.23. The van der Waals surface area contributed by atoms with E-state index < -0.39 is 11.2 Å². The number of nitrogens with one attached hydrogen (secondary N) is 1. The fraction of sp³-hybridized carbons (Fsp3) is 0.429. The van der Waals surface area contributed by atoms with Crippen LogP contribution in [0.2, 0.25) is 0 Å². The molecule has 28 heavy (non-hydrogen) atoms. The first-order valence-electron chi connectivity index (χ1n) is 9.68. The summed E-state index contributed by atoms with van der Waals surface area (Å²) >= 11 is -0.973. The maximum absolute atomic E-state index is 12.8. The summed E-state index contributed by atoms with van der Waals surface area (Å²) in [5, 5.41) is 3.12. The smallest absolute Gasteiger partial charge is 0.286 e. The summed E-state index contributed by atoms with van der Waals surface area (Å²) in [6, 6.07) is 7.70. The maximum Gasteiger partial charge on any atom is 0.286 e. The molecule has 1 fully saturated rings. The summed E-state index contributed by atoms with van der Waals surface area (Å²) < 4.78 is 18.4. The second-order valence-corrected chi connectivity index (χ2v) is 9.20. The molecule has 1 amide bonds. The lowest BCUT2D eigenvalue weighted by atomic mass is 10.0. The predicted molar refractivity (Wildman–Crippen MR) is 109 cm³/mol. The van der Waals surface area contributed by atoms with E-state index in [1.807, 2.05) is 36.6 Å². The Morgan fingerprint density at radius 3 is 2.79 bits per heavy atom. The molecule has 4 rings (SSSR count). The Morgan fingerprint density at radius 1 is 1.32 bits per heavy atom. The standard InChI is InChI=1S/C21H25N3O3S/c1-24-10-7-18(8-11-24)28(26)17-4-2-15(3-5-17)13-23-21(25)19-12-16-6-9-22-14-20(16)27-19/h2-5,9,12,14,16,18H,6-8,10-11,13H2,1H3,(H,23,25). The van der Waals surface area contributed by atoms with Gasteiger partial charge < -0.3 is 19.5 Å². The lowest BCUT2D eigenvalue weighted by Crippen LogP contribution is -2.37. The van der Waals surface area contributed by atoms with Crippen LogP contribution < -0.4 is 5.32 Å². The topological polar surface area (TPSA) is 77.0 Å². The zero-order valence-electron chi connectivity index (χ0n) is 16.0. The summed E-state index contributed by atoms with van der Waals surface area (Å²) in [5.74, 6) is 0.955. The van der Waals surface area contributed by atoms with Gasteiger partial charge in [-0.1, -0.05) is 12.1 Å². The van der Waals surface area contributed by atoms with E-state index in [0.29, 0.717) is 12.3 Å². The minimum absolute atomic E-state index is 0.118. The Morgan fingerprint density at radius 2 is 2.07 bits per heavy atom. The fourth-order valence-corrected chi connectivity index (χ4v) is 5.06. The zero-order chi connectivity index (χ0) is 19.5. The molecule has 6 nitrogen and oxygen atoms in total. The summed E-state index contributed by atoms with van der Waals surface area (Å²) in [7, 11) is 2.10. The molecular weight excluding hydrogens is 374 g/mol. The third kappa shape index (κ3) is 4.32. The van der Waals surface area contributed by atoms with Gasteiger partial charge in [-0.3, -0.25) is 9.79 Å². The van der Waals surface area contributed by atoms with Gasteiger partial charge in [-0.25, -0.2) is 0 Å². The van der Waals surface area contributed by atoms with Gasteiger partial charge in [-0.05, 0) is 48.4 Å². The largest absolute Gasteiger partial charge is 0.611 e. The Bertz CT molecular complexity index is 811. The van der Waals surface area contributed by atoms with Crippen molar-refractivity contribution in [3.63, 3.8) is 0 Å². The first-order valence-corrected chi connectivity index (χ1v) is 10.9. The Hall–Kier alpha value is -2.09. The van der Waals surface area contributed by atoms with Crippen molar-refractivity contribution in [2.75, 3.05) is 20.1 Å². The number of hydrogen-bond acceptors (Lipinski definition) is 5. The zero-order valence-corrected chi connectivity index (χ0v) is 16.8. The number of aliphatic imine (C=N–C) groups is 1. The molecule has 0 spiro atoms. The Balaban J connectivity index is 1.29. The Labute approximate surface area is 168 Å². The quantitative estimate of drug-likeness (QED) is 0.771. The van der Waals surface area contributed by atoms with Gasteiger partial charge in [-0.2, -0.15) is 0 Å². The molecule has 0 saturated carbocycles. The van der Waals surface area contributed by atoms with Crippen molar-refractivity contribution in [2.24, 2.45) is 10.9 Å². The number of piperidine rings is 1. The van der Waals surface area contributed by atoms with Crippen LogP contribution in [0.1, 0.15) is 24.8 Å². The molecule has 0 bridgehead atoms. The van der Waals surface area contributed by atoms with E-state index in [-0.39, 0.29) is 17.1 Å². The number of fused-ring (bicyclic) bond motifs is 1. The molecule has 3 aliphatic heterocycles. The van der Waals surface area contributed by atoms with Crippen LogP contribution in [-0.4, -0.2) is 47.0 Å². The lowest BCUT2D eigenvalue weighted by Gasteiger charge is -2.30. The molecule has 2 atom stereocenters. The normalized spacial score (nSPS) is 23.4. The first kappa shape index (κ1) is 19.2. The van der Waals surface area contributed by atoms with Crippen LogP contribution in [0.25, 0.3) is 0 Å². The fourth-order valence-electron chi connectivity index (χ4n) is 3.63. The van der Waals surface area contributed by atoms with Crippen molar-refractivity contribution in [3.05, 3.63) is 53.6 Å². The molecule has 3 aliphatic rings. The summed E-state index contributed by atoms with van der Waals surface area (Å²) in [5.41, 5.74) is 0.969. The number of rotatable bonds is 5. The molecule has 0 radical (unpaired) electrons. The van der Waals surface area contributed by atoms with Crippen LogP contribution >= 0.6 is 0 Å². The van der Waals surface area contributed by atoms with Gasteiger partial charge in [0.25, 0.3) is 5.91 Å². The molecule has 0 aromatic heterocycles. The maximum atomic E-state index is 12.8. The molecule has 1 aromatic carbocycles. The SMILES string of the molecule is CN1CCC([S+]([O-])c2ccc(CNC(=O)C3=CC4CC=NC=C4O3)cc2)CC1. The van der Waals surface area contributed by atoms with Crippen LogP contribution in [0.5, 0.6) is 0 Å². The molecule has 7 heteroatoms. The highest BCUT2D eigenvalue weighted by Crippen LogP contribution is 2.31. The number of nitrogens with zero attached hydrogens (tertiary/aromatic N) is 2. The van der Waals surface area contributed by atoms with E-state index in [0.717, 1.165) is 48.6 Å². The highest BCUT2D eigenvalue weighted by atomic mass is 32.2. The van der Waals surface area contributed by atoms with Crippen LogP contribution in [0.4, 0.5) is 0 Å². The van der Waals surface area contributed by atoms with E-state index in [2.05, 4.69) is 22.3 Å². The molecular formula is C21H25N3O3S. The number of allylic oxidation sites excluding steroid dienone is 1. The number of carbonyl (C=O) groups excluding carboxylic acids is 1. The van der Waals surface area contributed by atoms with Crippen LogP contribution in [-0.2, 0) is 27.3 Å². The van der Waals surface area contributed by atoms with Gasteiger partial charge in [0.05, 0.1) is 6.20 Å². The second kappa shape index (κ2) is 8.51. The highest BCUT2D eigenvalue weighted by molar-refractivity contribution is 7.92. The third-order valence-electron chi connectivity index (χ3n) is 5.41.